The van der Waals surface area contributed by atoms with E-state index in [9.17, 15) is 0 Å². The molecule has 27 heavy (non-hydrogen) atoms. The van der Waals surface area contributed by atoms with Gasteiger partial charge in [0.1, 0.15) is 34.7 Å². The lowest BCUT2D eigenvalue weighted by molar-refractivity contribution is 0.414. The molecule has 0 spiro atoms. The van der Waals surface area contributed by atoms with E-state index in [1.165, 1.54) is 6.33 Å². The van der Waals surface area contributed by atoms with Crippen LogP contribution in [0.3, 0.4) is 0 Å². The van der Waals surface area contributed by atoms with E-state index in [0.29, 0.717) is 29.5 Å². The topological polar surface area (TPSA) is 82.3 Å². The Bertz CT molecular complexity index is 1060. The molecule has 136 valence electrons. The summed E-state index contributed by atoms with van der Waals surface area (Å²) in [6.45, 7) is 0.590. The minimum absolute atomic E-state index is 0.420. The van der Waals surface area contributed by atoms with E-state index in [1.54, 1.807) is 14.2 Å². The van der Waals surface area contributed by atoms with Crippen molar-refractivity contribution in [1.82, 2.24) is 15.1 Å². The van der Waals surface area contributed by atoms with E-state index in [1.807, 2.05) is 48.5 Å². The summed E-state index contributed by atoms with van der Waals surface area (Å²) in [6, 6.07) is 15.5. The summed E-state index contributed by atoms with van der Waals surface area (Å²) in [6.07, 6.45) is 1.45. The third-order valence-corrected chi connectivity index (χ3v) is 4.25. The number of methoxy groups -OCH3 is 2. The number of aromatic nitrogens is 3. The van der Waals surface area contributed by atoms with Gasteiger partial charge < -0.3 is 19.3 Å². The number of nitrogens with zero attached hydrogens (tertiary/aromatic N) is 3. The fraction of sp³-hybridized carbons (Fsp3) is 0.150. The van der Waals surface area contributed by atoms with Gasteiger partial charge in [0.15, 0.2) is 0 Å². The Kier molecular flexibility index (Phi) is 4.57. The second-order valence-corrected chi connectivity index (χ2v) is 5.84. The van der Waals surface area contributed by atoms with Crippen molar-refractivity contribution in [3.05, 3.63) is 60.4 Å². The van der Waals surface area contributed by atoms with Gasteiger partial charge in [-0.15, -0.1) is 0 Å². The van der Waals surface area contributed by atoms with Crippen molar-refractivity contribution in [2.75, 3.05) is 19.5 Å². The second-order valence-electron chi connectivity index (χ2n) is 5.84. The fourth-order valence-electron chi connectivity index (χ4n) is 2.87. The van der Waals surface area contributed by atoms with Crippen molar-refractivity contribution in [1.29, 1.82) is 0 Å². The normalized spacial score (nSPS) is 10.7. The molecule has 2 aromatic heterocycles. The number of para-hydroxylation sites is 1. The highest BCUT2D eigenvalue weighted by atomic mass is 16.5. The highest BCUT2D eigenvalue weighted by molar-refractivity contribution is 5.98. The first-order chi connectivity index (χ1) is 13.3. The van der Waals surface area contributed by atoms with Crippen molar-refractivity contribution in [3.8, 4) is 22.8 Å². The molecule has 0 aliphatic rings. The smallest absolute Gasteiger partial charge is 0.263 e. The predicted octanol–water partition coefficient (Wildman–Crippen LogP) is 3.91. The summed E-state index contributed by atoms with van der Waals surface area (Å²) < 4.78 is 16.1. The van der Waals surface area contributed by atoms with Crippen LogP contribution in [0.5, 0.6) is 11.5 Å². The molecular formula is C20H18N4O3. The van der Waals surface area contributed by atoms with Crippen molar-refractivity contribution >= 4 is 16.9 Å². The zero-order valence-corrected chi connectivity index (χ0v) is 15.0. The lowest BCUT2D eigenvalue weighted by atomic mass is 10.1. The van der Waals surface area contributed by atoms with Crippen molar-refractivity contribution in [2.24, 2.45) is 0 Å². The van der Waals surface area contributed by atoms with Crippen molar-refractivity contribution in [3.63, 3.8) is 0 Å². The Balaban J connectivity index is 1.70. The van der Waals surface area contributed by atoms with Gasteiger partial charge in [-0.3, -0.25) is 0 Å². The Morgan fingerprint density at radius 2 is 1.78 bits per heavy atom. The lowest BCUT2D eigenvalue weighted by Gasteiger charge is -2.09. The number of rotatable bonds is 6. The van der Waals surface area contributed by atoms with Gasteiger partial charge in [0.05, 0.1) is 14.2 Å². The highest BCUT2D eigenvalue weighted by Gasteiger charge is 2.19. The van der Waals surface area contributed by atoms with E-state index in [-0.39, 0.29) is 0 Å². The molecule has 2 heterocycles. The van der Waals surface area contributed by atoms with Crippen LogP contribution in [-0.2, 0) is 6.54 Å². The lowest BCUT2D eigenvalue weighted by Crippen LogP contribution is -2.02. The third-order valence-electron chi connectivity index (χ3n) is 4.25. The van der Waals surface area contributed by atoms with Gasteiger partial charge in [-0.1, -0.05) is 29.4 Å². The maximum atomic E-state index is 5.45. The molecule has 0 radical (unpaired) electrons. The van der Waals surface area contributed by atoms with E-state index in [4.69, 9.17) is 14.0 Å². The quantitative estimate of drug-likeness (QED) is 0.557. The van der Waals surface area contributed by atoms with Gasteiger partial charge >= 0.3 is 0 Å². The van der Waals surface area contributed by atoms with Crippen LogP contribution < -0.4 is 14.8 Å². The summed E-state index contributed by atoms with van der Waals surface area (Å²) >= 11 is 0. The molecule has 0 unspecified atom stereocenters. The van der Waals surface area contributed by atoms with Crippen LogP contribution >= 0.6 is 0 Å². The fourth-order valence-corrected chi connectivity index (χ4v) is 2.87. The SMILES string of the molecule is COc1ccc(CNc2ncnc3onc(-c4ccccc4OC)c23)cc1. The molecule has 2 aromatic carbocycles. The molecular weight excluding hydrogens is 344 g/mol. The molecule has 1 N–H and O–H groups in total. The van der Waals surface area contributed by atoms with Crippen LogP contribution in [0.2, 0.25) is 0 Å². The second kappa shape index (κ2) is 7.33. The monoisotopic (exact) mass is 362 g/mol. The average Bonchev–Trinajstić information content (AvgIpc) is 3.17. The van der Waals surface area contributed by atoms with Gasteiger partial charge in [0, 0.05) is 12.1 Å². The maximum Gasteiger partial charge on any atom is 0.263 e. The molecule has 4 aromatic rings. The minimum Gasteiger partial charge on any atom is -0.497 e. The molecule has 7 heteroatoms. The van der Waals surface area contributed by atoms with E-state index in [0.717, 1.165) is 22.3 Å². The third kappa shape index (κ3) is 3.27. The van der Waals surface area contributed by atoms with Gasteiger partial charge in [-0.25, -0.2) is 4.98 Å². The van der Waals surface area contributed by atoms with Gasteiger partial charge in [-0.2, -0.15) is 4.98 Å². The number of fused-ring (bicyclic) bond motifs is 1. The van der Waals surface area contributed by atoms with Crippen LogP contribution in [0.1, 0.15) is 5.56 Å². The minimum atomic E-state index is 0.420. The van der Waals surface area contributed by atoms with Crippen molar-refractivity contribution < 1.29 is 14.0 Å². The van der Waals surface area contributed by atoms with E-state index >= 15 is 0 Å². The molecule has 0 amide bonds. The summed E-state index contributed by atoms with van der Waals surface area (Å²) in [7, 11) is 3.27. The summed E-state index contributed by atoms with van der Waals surface area (Å²) in [4.78, 5) is 8.57. The number of anilines is 1. The molecule has 0 aliphatic carbocycles. The largest absolute Gasteiger partial charge is 0.497 e. The molecule has 0 aliphatic heterocycles. The molecule has 0 fully saturated rings. The molecule has 4 rings (SSSR count). The maximum absolute atomic E-state index is 5.45. The highest BCUT2D eigenvalue weighted by Crippen LogP contribution is 2.36. The molecule has 0 atom stereocenters. The Hall–Kier alpha value is -3.61. The Morgan fingerprint density at radius 1 is 0.963 bits per heavy atom. The van der Waals surface area contributed by atoms with E-state index in [2.05, 4.69) is 20.4 Å². The zero-order chi connectivity index (χ0) is 18.6. The first-order valence-electron chi connectivity index (χ1n) is 8.40. The van der Waals surface area contributed by atoms with Gasteiger partial charge in [0.2, 0.25) is 0 Å². The van der Waals surface area contributed by atoms with Crippen LogP contribution in [-0.4, -0.2) is 29.3 Å². The zero-order valence-electron chi connectivity index (χ0n) is 15.0. The molecule has 7 nitrogen and oxygen atoms in total. The van der Waals surface area contributed by atoms with Crippen LogP contribution in [0.25, 0.3) is 22.4 Å². The summed E-state index contributed by atoms with van der Waals surface area (Å²) in [5.74, 6) is 2.18. The number of hydrogen-bond acceptors (Lipinski definition) is 7. The number of benzene rings is 2. The number of nitrogens with one attached hydrogen (secondary N) is 1. The Labute approximate surface area is 156 Å². The van der Waals surface area contributed by atoms with Gasteiger partial charge in [0.25, 0.3) is 5.71 Å². The molecule has 0 saturated heterocycles. The van der Waals surface area contributed by atoms with Crippen molar-refractivity contribution in [2.45, 2.75) is 6.54 Å². The Morgan fingerprint density at radius 3 is 2.56 bits per heavy atom. The first-order valence-corrected chi connectivity index (χ1v) is 8.40. The molecule has 0 saturated carbocycles. The van der Waals surface area contributed by atoms with E-state index < -0.39 is 0 Å². The summed E-state index contributed by atoms with van der Waals surface area (Å²) in [5.41, 5.74) is 2.97. The van der Waals surface area contributed by atoms with Crippen LogP contribution in [0.15, 0.2) is 59.4 Å². The summed E-state index contributed by atoms with van der Waals surface area (Å²) in [5, 5.41) is 8.26. The average molecular weight is 362 g/mol. The number of ether oxygens (including phenoxy) is 2. The predicted molar refractivity (Wildman–Crippen MR) is 102 cm³/mol. The first kappa shape index (κ1) is 16.8. The standard InChI is InChI=1S/C20H18N4O3/c1-25-14-9-7-13(8-10-14)11-21-19-17-18(24-27-20(17)23-12-22-19)15-5-3-4-6-16(15)26-2/h3-10,12H,11H2,1-2H3,(H,21,22,23). The van der Waals surface area contributed by atoms with Crippen LogP contribution in [0, 0.1) is 0 Å². The van der Waals surface area contributed by atoms with Crippen LogP contribution in [0.4, 0.5) is 5.82 Å². The number of hydrogen-bond donors (Lipinski definition) is 1. The molecule has 0 bridgehead atoms. The van der Waals surface area contributed by atoms with Gasteiger partial charge in [-0.05, 0) is 29.8 Å².